The van der Waals surface area contributed by atoms with E-state index in [1.54, 1.807) is 0 Å². The van der Waals surface area contributed by atoms with Crippen molar-refractivity contribution in [1.82, 2.24) is 9.38 Å². The van der Waals surface area contributed by atoms with Crippen LogP contribution in [0.3, 0.4) is 0 Å². The van der Waals surface area contributed by atoms with E-state index in [-0.39, 0.29) is 0 Å². The lowest BCUT2D eigenvalue weighted by atomic mass is 9.99. The van der Waals surface area contributed by atoms with Crippen LogP contribution < -0.4 is 0 Å². The van der Waals surface area contributed by atoms with Gasteiger partial charge >= 0.3 is 0 Å². The third-order valence-electron chi connectivity index (χ3n) is 7.35. The topological polar surface area (TPSA) is 30.4 Å². The number of rotatable bonds is 0. The van der Waals surface area contributed by atoms with Crippen molar-refractivity contribution in [2.24, 2.45) is 0 Å². The van der Waals surface area contributed by atoms with Crippen LogP contribution in [0.2, 0.25) is 0 Å². The Kier molecular flexibility index (Phi) is 3.17. The normalized spacial score (nSPS) is 12.6. The van der Waals surface area contributed by atoms with Crippen LogP contribution in [0.15, 0.2) is 101 Å². The number of fused-ring (bicyclic) bond motifs is 15. The quantitative estimate of drug-likeness (QED) is 0.210. The van der Waals surface area contributed by atoms with Crippen LogP contribution in [0.4, 0.5) is 0 Å². The van der Waals surface area contributed by atoms with E-state index in [1.165, 1.54) is 36.5 Å². The predicted molar refractivity (Wildman–Crippen MR) is 148 cm³/mol. The maximum atomic E-state index is 6.29. The van der Waals surface area contributed by atoms with Gasteiger partial charge in [0.2, 0.25) is 0 Å². The zero-order valence-corrected chi connectivity index (χ0v) is 19.3. The van der Waals surface area contributed by atoms with Crippen molar-refractivity contribution in [3.05, 3.63) is 97.1 Å². The monoisotopic (exact) mass is 464 g/mol. The number of para-hydroxylation sites is 3. The van der Waals surface area contributed by atoms with E-state index in [9.17, 15) is 0 Å². The van der Waals surface area contributed by atoms with Gasteiger partial charge in [-0.05, 0) is 48.5 Å². The smallest absolute Gasteiger partial charge is 0.146 e. The summed E-state index contributed by atoms with van der Waals surface area (Å²) < 4.78 is 11.2. The molecule has 0 aliphatic rings. The second-order valence-electron chi connectivity index (χ2n) is 9.18. The van der Waals surface area contributed by atoms with Crippen LogP contribution >= 0.6 is 11.3 Å². The molecule has 3 nitrogen and oxygen atoms in total. The van der Waals surface area contributed by atoms with E-state index in [4.69, 9.17) is 9.40 Å². The van der Waals surface area contributed by atoms with Crippen LogP contribution in [0.1, 0.15) is 0 Å². The van der Waals surface area contributed by atoms with Gasteiger partial charge in [-0.15, -0.1) is 11.3 Å². The van der Waals surface area contributed by atoms with E-state index >= 15 is 0 Å². The molecule has 0 unspecified atom stereocenters. The molecule has 0 radical (unpaired) electrons. The molecule has 9 aromatic rings. The van der Waals surface area contributed by atoms with E-state index in [1.807, 2.05) is 17.4 Å². The number of thiophene rings is 1. The van der Waals surface area contributed by atoms with Gasteiger partial charge in [0.15, 0.2) is 0 Å². The molecule has 0 saturated heterocycles. The number of hydrogen-bond donors (Lipinski definition) is 0. The second-order valence-corrected chi connectivity index (χ2v) is 10.3. The summed E-state index contributed by atoms with van der Waals surface area (Å²) in [5, 5.41) is 8.49. The first-order valence-corrected chi connectivity index (χ1v) is 12.5. The van der Waals surface area contributed by atoms with Gasteiger partial charge < -0.3 is 4.42 Å². The summed E-state index contributed by atoms with van der Waals surface area (Å²) in [4.78, 5) is 5.13. The van der Waals surface area contributed by atoms with E-state index in [0.29, 0.717) is 0 Å². The van der Waals surface area contributed by atoms with Gasteiger partial charge in [-0.1, -0.05) is 48.5 Å². The minimum absolute atomic E-state index is 0.914. The predicted octanol–water partition coefficient (Wildman–Crippen LogP) is 9.06. The highest BCUT2D eigenvalue weighted by molar-refractivity contribution is 7.25. The summed E-state index contributed by atoms with van der Waals surface area (Å²) in [6.45, 7) is 0. The summed E-state index contributed by atoms with van der Waals surface area (Å²) in [6.07, 6.45) is 0. The van der Waals surface area contributed by atoms with Crippen molar-refractivity contribution >= 4 is 91.8 Å². The fourth-order valence-corrected chi connectivity index (χ4v) is 7.01. The molecule has 0 N–H and O–H groups in total. The fourth-order valence-electron chi connectivity index (χ4n) is 5.88. The Hall–Kier alpha value is -4.41. The van der Waals surface area contributed by atoms with Crippen LogP contribution in [0.25, 0.3) is 80.5 Å². The van der Waals surface area contributed by atoms with Gasteiger partial charge in [0, 0.05) is 47.1 Å². The van der Waals surface area contributed by atoms with Crippen molar-refractivity contribution in [3.8, 4) is 0 Å². The minimum Gasteiger partial charge on any atom is -0.456 e. The summed E-state index contributed by atoms with van der Waals surface area (Å²) >= 11 is 1.86. The van der Waals surface area contributed by atoms with Gasteiger partial charge in [0.25, 0.3) is 0 Å². The largest absolute Gasteiger partial charge is 0.456 e. The molecule has 0 aliphatic carbocycles. The third-order valence-corrected chi connectivity index (χ3v) is 8.48. The number of imidazole rings is 1. The Labute approximate surface area is 202 Å². The molecule has 4 aromatic heterocycles. The highest BCUT2D eigenvalue weighted by Gasteiger charge is 2.20. The summed E-state index contributed by atoms with van der Waals surface area (Å²) in [5.41, 5.74) is 6.13. The van der Waals surface area contributed by atoms with E-state index in [2.05, 4.69) is 95.4 Å². The molecule has 162 valence electrons. The van der Waals surface area contributed by atoms with Crippen molar-refractivity contribution < 1.29 is 4.42 Å². The molecule has 0 atom stereocenters. The zero-order chi connectivity index (χ0) is 22.7. The average Bonchev–Trinajstić information content (AvgIpc) is 3.58. The first kappa shape index (κ1) is 18.0. The molecule has 9 rings (SSSR count). The number of benzene rings is 5. The lowest BCUT2D eigenvalue weighted by Gasteiger charge is -2.11. The number of pyridine rings is 1. The van der Waals surface area contributed by atoms with Crippen LogP contribution in [-0.4, -0.2) is 9.38 Å². The maximum Gasteiger partial charge on any atom is 0.146 e. The van der Waals surface area contributed by atoms with Gasteiger partial charge in [0.1, 0.15) is 16.8 Å². The number of hydrogen-bond acceptors (Lipinski definition) is 3. The van der Waals surface area contributed by atoms with Crippen LogP contribution in [-0.2, 0) is 0 Å². The lowest BCUT2D eigenvalue weighted by Crippen LogP contribution is -1.92. The maximum absolute atomic E-state index is 6.29. The van der Waals surface area contributed by atoms with Crippen LogP contribution in [0, 0.1) is 0 Å². The summed E-state index contributed by atoms with van der Waals surface area (Å²) in [5.74, 6) is 0. The molecular formula is C31H16N2OS. The van der Waals surface area contributed by atoms with Crippen molar-refractivity contribution in [1.29, 1.82) is 0 Å². The van der Waals surface area contributed by atoms with E-state index < -0.39 is 0 Å². The number of aromatic nitrogens is 2. The molecule has 0 spiro atoms. The van der Waals surface area contributed by atoms with Gasteiger partial charge in [-0.2, -0.15) is 0 Å². The van der Waals surface area contributed by atoms with E-state index in [0.717, 1.165) is 44.0 Å². The average molecular weight is 465 g/mol. The molecule has 4 heterocycles. The Morgan fingerprint density at radius 1 is 0.571 bits per heavy atom. The molecular weight excluding hydrogens is 448 g/mol. The summed E-state index contributed by atoms with van der Waals surface area (Å²) in [7, 11) is 0. The Bertz CT molecular complexity index is 2330. The zero-order valence-electron chi connectivity index (χ0n) is 18.4. The van der Waals surface area contributed by atoms with Gasteiger partial charge in [-0.25, -0.2) is 4.98 Å². The molecule has 0 aliphatic heterocycles. The Balaban J connectivity index is 1.66. The molecule has 4 heteroatoms. The third kappa shape index (κ3) is 2.18. The highest BCUT2D eigenvalue weighted by Crippen LogP contribution is 2.44. The molecule has 35 heavy (non-hydrogen) atoms. The standard InChI is InChI=1S/C31H16N2OS/c1-5-11-25-18(8-1)30-26(34-25)14-13-19-29(30)21-16-28-20(17-7-2-6-12-27(17)35-28)15-24(21)33-23-10-4-3-9-22(23)32-31(19)33/h1-16H. The molecule has 0 amide bonds. The molecule has 5 aromatic carbocycles. The second kappa shape index (κ2) is 6.17. The number of nitrogens with zero attached hydrogens (tertiary/aromatic N) is 2. The molecule has 0 saturated carbocycles. The fraction of sp³-hybridized carbons (Fsp3) is 0. The lowest BCUT2D eigenvalue weighted by molar-refractivity contribution is 0.669. The highest BCUT2D eigenvalue weighted by atomic mass is 32.1. The summed E-state index contributed by atoms with van der Waals surface area (Å²) in [6, 6.07) is 34.5. The van der Waals surface area contributed by atoms with Crippen molar-refractivity contribution in [2.75, 3.05) is 0 Å². The molecule has 0 bridgehead atoms. The van der Waals surface area contributed by atoms with Crippen molar-refractivity contribution in [3.63, 3.8) is 0 Å². The Morgan fingerprint density at radius 2 is 1.40 bits per heavy atom. The SMILES string of the molecule is c1ccc2c(c1)nc1c3ccc4oc5ccccc5c4c3c3cc4sc5ccccc5c4cc3n21. The first-order chi connectivity index (χ1) is 17.3. The van der Waals surface area contributed by atoms with Gasteiger partial charge in [-0.3, -0.25) is 4.40 Å². The molecule has 0 fully saturated rings. The first-order valence-electron chi connectivity index (χ1n) is 11.7. The van der Waals surface area contributed by atoms with Crippen molar-refractivity contribution in [2.45, 2.75) is 0 Å². The Morgan fingerprint density at radius 3 is 2.37 bits per heavy atom. The van der Waals surface area contributed by atoms with Crippen LogP contribution in [0.5, 0.6) is 0 Å². The minimum atomic E-state index is 0.914. The van der Waals surface area contributed by atoms with Gasteiger partial charge in [0.05, 0.1) is 16.6 Å². The number of furan rings is 1.